The van der Waals surface area contributed by atoms with E-state index in [2.05, 4.69) is 259 Å². The topological polar surface area (TPSA) is 6.48 Å². The Morgan fingerprint density at radius 2 is 0.621 bits per heavy atom. The average molecular weight is 863 g/mol. The molecule has 0 spiro atoms. The van der Waals surface area contributed by atoms with Gasteiger partial charge in [-0.15, -0.1) is 0 Å². The number of hydrogen-bond donors (Lipinski definition) is 0. The predicted octanol–water partition coefficient (Wildman–Crippen LogP) is 18.4. The highest BCUT2D eigenvalue weighted by Crippen LogP contribution is 2.48. The van der Waals surface area contributed by atoms with E-state index in [4.69, 9.17) is 0 Å². The molecule has 2 nitrogen and oxygen atoms in total. The van der Waals surface area contributed by atoms with Gasteiger partial charge in [-0.3, -0.25) is 0 Å². The van der Waals surface area contributed by atoms with Crippen LogP contribution in [-0.4, -0.2) is 0 Å². The third-order valence-electron chi connectivity index (χ3n) is 14.0. The zero-order valence-electron chi connectivity index (χ0n) is 40.4. The van der Waals surface area contributed by atoms with Gasteiger partial charge in [0.2, 0.25) is 0 Å². The maximum atomic E-state index is 2.42. The quantitative estimate of drug-likeness (QED) is 0.135. The first-order valence-electron chi connectivity index (χ1n) is 24.1. The van der Waals surface area contributed by atoms with Gasteiger partial charge >= 0.3 is 0 Å². The second kappa shape index (κ2) is 18.3. The van der Waals surface area contributed by atoms with Gasteiger partial charge in [0.15, 0.2) is 0 Å². The van der Waals surface area contributed by atoms with Crippen LogP contribution in [0.4, 0.5) is 34.1 Å². The summed E-state index contributed by atoms with van der Waals surface area (Å²) in [7, 11) is 0. The second-order valence-corrected chi connectivity index (χ2v) is 20.8. The first-order chi connectivity index (χ1) is 31.8. The molecule has 0 heterocycles. The lowest BCUT2D eigenvalue weighted by Crippen LogP contribution is -2.30. The summed E-state index contributed by atoms with van der Waals surface area (Å²) in [6.07, 6.45) is 6.02. The Kier molecular flexibility index (Phi) is 12.4. The van der Waals surface area contributed by atoms with E-state index in [9.17, 15) is 0 Å². The van der Waals surface area contributed by atoms with Crippen molar-refractivity contribution in [3.05, 3.63) is 228 Å². The molecule has 0 saturated heterocycles. The van der Waals surface area contributed by atoms with E-state index in [0.29, 0.717) is 0 Å². The zero-order chi connectivity index (χ0) is 46.1. The van der Waals surface area contributed by atoms with Crippen LogP contribution in [0.15, 0.2) is 194 Å². The fourth-order valence-electron chi connectivity index (χ4n) is 10.4. The molecule has 0 radical (unpaired) electrons. The van der Waals surface area contributed by atoms with Crippen LogP contribution in [-0.2, 0) is 16.2 Å². The molecule has 332 valence electrons. The van der Waals surface area contributed by atoms with E-state index in [0.717, 1.165) is 47.0 Å². The van der Waals surface area contributed by atoms with Gasteiger partial charge in [0.25, 0.3) is 0 Å². The van der Waals surface area contributed by atoms with Gasteiger partial charge < -0.3 is 9.80 Å². The fourth-order valence-corrected chi connectivity index (χ4v) is 10.4. The third-order valence-corrected chi connectivity index (χ3v) is 14.0. The summed E-state index contributed by atoms with van der Waals surface area (Å²) in [5, 5.41) is 0. The van der Waals surface area contributed by atoms with Gasteiger partial charge in [0.1, 0.15) is 0 Å². The number of hydrogen-bond acceptors (Lipinski definition) is 2. The van der Waals surface area contributed by atoms with Crippen molar-refractivity contribution in [1.29, 1.82) is 0 Å². The van der Waals surface area contributed by atoms with E-state index in [-0.39, 0.29) is 16.2 Å². The van der Waals surface area contributed by atoms with Crippen molar-refractivity contribution in [3.63, 3.8) is 0 Å². The maximum absolute atomic E-state index is 2.42. The molecule has 1 saturated carbocycles. The van der Waals surface area contributed by atoms with E-state index in [1.807, 2.05) is 0 Å². The minimum Gasteiger partial charge on any atom is -0.311 e. The van der Waals surface area contributed by atoms with Crippen molar-refractivity contribution >= 4 is 34.1 Å². The van der Waals surface area contributed by atoms with E-state index >= 15 is 0 Å². The molecule has 8 aromatic carbocycles. The van der Waals surface area contributed by atoms with Crippen LogP contribution in [0.5, 0.6) is 0 Å². The maximum Gasteiger partial charge on any atom is 0.0462 e. The second-order valence-electron chi connectivity index (χ2n) is 20.8. The molecule has 0 bridgehead atoms. The van der Waals surface area contributed by atoms with Gasteiger partial charge in [-0.05, 0) is 155 Å². The van der Waals surface area contributed by atoms with Gasteiger partial charge in [0.05, 0.1) is 0 Å². The molecular weight excluding hydrogens is 797 g/mol. The molecule has 1 fully saturated rings. The number of rotatable bonds is 10. The van der Waals surface area contributed by atoms with Crippen LogP contribution in [0, 0.1) is 13.8 Å². The van der Waals surface area contributed by atoms with Gasteiger partial charge in [-0.1, -0.05) is 193 Å². The Morgan fingerprint density at radius 1 is 0.333 bits per heavy atom. The Balaban J connectivity index is 1.05. The lowest BCUT2D eigenvalue weighted by atomic mass is 9.65. The number of anilines is 6. The van der Waals surface area contributed by atoms with Gasteiger partial charge in [-0.25, -0.2) is 0 Å². The molecule has 8 aromatic rings. The van der Waals surface area contributed by atoms with Gasteiger partial charge in [-0.2, -0.15) is 0 Å². The highest BCUT2D eigenvalue weighted by Gasteiger charge is 2.36. The lowest BCUT2D eigenvalue weighted by molar-refractivity contribution is 0.346. The minimum absolute atomic E-state index is 0.0527. The fraction of sp³-hybridized carbons (Fsp3) is 0.250. The highest BCUT2D eigenvalue weighted by molar-refractivity contribution is 5.81. The molecule has 0 N–H and O–H groups in total. The molecular formula is C64H66N2. The molecule has 0 amide bonds. The number of nitrogens with zero attached hydrogens (tertiary/aromatic N) is 2. The third kappa shape index (κ3) is 9.12. The smallest absolute Gasteiger partial charge is 0.0462 e. The van der Waals surface area contributed by atoms with Crippen molar-refractivity contribution in [1.82, 2.24) is 0 Å². The molecule has 0 atom stereocenters. The zero-order valence-corrected chi connectivity index (χ0v) is 40.4. The van der Waals surface area contributed by atoms with E-state index < -0.39 is 0 Å². The molecule has 0 aliphatic heterocycles. The van der Waals surface area contributed by atoms with Crippen molar-refractivity contribution < 1.29 is 0 Å². The van der Waals surface area contributed by atoms with Crippen molar-refractivity contribution in [3.8, 4) is 22.3 Å². The van der Waals surface area contributed by atoms with Gasteiger partial charge in [0, 0.05) is 39.5 Å². The van der Waals surface area contributed by atoms with Crippen molar-refractivity contribution in [2.75, 3.05) is 9.80 Å². The summed E-state index contributed by atoms with van der Waals surface area (Å²) in [5.41, 5.74) is 20.1. The first-order valence-corrected chi connectivity index (χ1v) is 24.1. The van der Waals surface area contributed by atoms with E-state index in [1.165, 1.54) is 74.9 Å². The Hall–Kier alpha value is -6.64. The monoisotopic (exact) mass is 863 g/mol. The van der Waals surface area contributed by atoms with Crippen molar-refractivity contribution in [2.24, 2.45) is 0 Å². The number of aryl methyl sites for hydroxylation is 2. The van der Waals surface area contributed by atoms with Crippen LogP contribution >= 0.6 is 0 Å². The van der Waals surface area contributed by atoms with Crippen molar-refractivity contribution in [2.45, 2.75) is 104 Å². The summed E-state index contributed by atoms with van der Waals surface area (Å²) >= 11 is 0. The first kappa shape index (κ1) is 44.6. The lowest BCUT2D eigenvalue weighted by Gasteiger charge is -2.39. The van der Waals surface area contributed by atoms with Crippen LogP contribution in [0.3, 0.4) is 0 Å². The minimum atomic E-state index is -0.0527. The van der Waals surface area contributed by atoms with Crippen LogP contribution in [0.2, 0.25) is 0 Å². The SMILES string of the molecule is Cc1ccc(N(c2ccc(-c3ccccc3C(C)(C)C)cc2)c2ccc(C3(c4ccc(N(c5ccc(C)cc5)c5ccc(-c6ccccc6C(C)(C)C)cc5)cc4)CCCCC3)cc2)cc1. The highest BCUT2D eigenvalue weighted by atomic mass is 15.1. The standard InChI is InChI=1S/C64H66N2/c1-46-20-32-52(33-21-46)65(54-36-24-48(25-37-54)58-16-10-12-18-60(58)62(3,4)5)56-40-28-50(29-41-56)64(44-14-9-15-45-64)51-30-42-57(43-31-51)66(53-34-22-47(2)23-35-53)55-38-26-49(27-39-55)59-17-11-13-19-61(59)63(6,7)8/h10-13,16-43H,9,14-15,44-45H2,1-8H3. The van der Waals surface area contributed by atoms with Crippen LogP contribution in [0.25, 0.3) is 22.3 Å². The molecule has 66 heavy (non-hydrogen) atoms. The Labute approximate surface area is 395 Å². The molecule has 0 unspecified atom stereocenters. The molecule has 0 aromatic heterocycles. The summed E-state index contributed by atoms with van der Waals surface area (Å²) in [5.74, 6) is 0. The molecule has 9 rings (SSSR count). The van der Waals surface area contributed by atoms with Crippen LogP contribution in [0.1, 0.15) is 107 Å². The predicted molar refractivity (Wildman–Crippen MR) is 284 cm³/mol. The molecule has 2 heteroatoms. The number of benzene rings is 8. The Bertz CT molecular complexity index is 2670. The summed E-state index contributed by atoms with van der Waals surface area (Å²) < 4.78 is 0. The summed E-state index contributed by atoms with van der Waals surface area (Å²) in [4.78, 5) is 4.81. The van der Waals surface area contributed by atoms with E-state index in [1.54, 1.807) is 0 Å². The Morgan fingerprint density at radius 3 is 0.939 bits per heavy atom. The summed E-state index contributed by atoms with van der Waals surface area (Å²) in [6, 6.07) is 72.9. The molecule has 1 aliphatic carbocycles. The normalized spacial score (nSPS) is 13.9. The van der Waals surface area contributed by atoms with Crippen LogP contribution < -0.4 is 9.80 Å². The largest absolute Gasteiger partial charge is 0.311 e. The summed E-state index contributed by atoms with van der Waals surface area (Å²) in [6.45, 7) is 18.1. The molecule has 1 aliphatic rings. The average Bonchev–Trinajstić information content (AvgIpc) is 3.33.